The number of likely N-dealkylation sites (tertiary alicyclic amines) is 1. The van der Waals surface area contributed by atoms with Gasteiger partial charge in [-0.3, -0.25) is 9.69 Å². The zero-order valence-corrected chi connectivity index (χ0v) is 17.7. The summed E-state index contributed by atoms with van der Waals surface area (Å²) in [4.78, 5) is 22.2. The van der Waals surface area contributed by atoms with E-state index in [9.17, 15) is 9.90 Å². The largest absolute Gasteiger partial charge is 0.396 e. The van der Waals surface area contributed by atoms with E-state index in [2.05, 4.69) is 16.8 Å². The summed E-state index contributed by atoms with van der Waals surface area (Å²) in [5, 5.41) is 9.36. The Morgan fingerprint density at radius 3 is 2.61 bits per heavy atom. The second-order valence-electron chi connectivity index (χ2n) is 8.52. The number of benzene rings is 1. The molecule has 6 heteroatoms. The van der Waals surface area contributed by atoms with E-state index < -0.39 is 0 Å². The van der Waals surface area contributed by atoms with Gasteiger partial charge in [0.15, 0.2) is 0 Å². The average molecular weight is 389 g/mol. The van der Waals surface area contributed by atoms with Crippen LogP contribution in [0.2, 0.25) is 0 Å². The molecule has 0 unspecified atom stereocenters. The van der Waals surface area contributed by atoms with Crippen molar-refractivity contribution in [2.24, 2.45) is 5.92 Å². The van der Waals surface area contributed by atoms with E-state index in [1.807, 2.05) is 48.2 Å². The molecule has 0 aromatic heterocycles. The van der Waals surface area contributed by atoms with Crippen LogP contribution in [0.25, 0.3) is 0 Å². The van der Waals surface area contributed by atoms with Crippen LogP contribution in [0.15, 0.2) is 24.3 Å². The van der Waals surface area contributed by atoms with Crippen molar-refractivity contribution in [2.75, 3.05) is 71.9 Å². The molecule has 0 saturated carbocycles. The lowest BCUT2D eigenvalue weighted by molar-refractivity contribution is 0.0218. The van der Waals surface area contributed by atoms with E-state index in [4.69, 9.17) is 0 Å². The fourth-order valence-electron chi connectivity index (χ4n) is 4.58. The Bertz CT molecular complexity index is 643. The third-order valence-electron chi connectivity index (χ3n) is 6.33. The van der Waals surface area contributed by atoms with Crippen molar-refractivity contribution < 1.29 is 9.90 Å². The van der Waals surface area contributed by atoms with Crippen molar-refractivity contribution >= 4 is 11.6 Å². The van der Waals surface area contributed by atoms with E-state index in [-0.39, 0.29) is 12.5 Å². The minimum Gasteiger partial charge on any atom is -0.396 e. The second-order valence-corrected chi connectivity index (χ2v) is 8.52. The van der Waals surface area contributed by atoms with Crippen molar-refractivity contribution in [1.82, 2.24) is 14.7 Å². The van der Waals surface area contributed by atoms with Gasteiger partial charge in [0.2, 0.25) is 0 Å². The van der Waals surface area contributed by atoms with E-state index in [0.717, 1.165) is 69.8 Å². The van der Waals surface area contributed by atoms with Crippen molar-refractivity contribution in [3.63, 3.8) is 0 Å². The van der Waals surface area contributed by atoms with Gasteiger partial charge in [-0.2, -0.15) is 0 Å². The summed E-state index contributed by atoms with van der Waals surface area (Å²) in [5.74, 6) is 0.569. The molecule has 1 amide bonds. The van der Waals surface area contributed by atoms with Gasteiger partial charge in [0, 0.05) is 77.3 Å². The van der Waals surface area contributed by atoms with Gasteiger partial charge in [0.1, 0.15) is 0 Å². The summed E-state index contributed by atoms with van der Waals surface area (Å²) >= 11 is 0. The van der Waals surface area contributed by atoms with Crippen LogP contribution in [0.5, 0.6) is 0 Å². The first kappa shape index (κ1) is 21.1. The Morgan fingerprint density at radius 2 is 1.93 bits per heavy atom. The third-order valence-corrected chi connectivity index (χ3v) is 6.33. The first-order chi connectivity index (χ1) is 13.5. The molecule has 2 aliphatic rings. The number of nitrogens with zero attached hydrogens (tertiary/aromatic N) is 4. The number of aliphatic hydroxyl groups is 1. The van der Waals surface area contributed by atoms with Crippen LogP contribution in [-0.2, 0) is 0 Å². The number of piperidine rings is 1. The number of hydrogen-bond donors (Lipinski definition) is 1. The van der Waals surface area contributed by atoms with Gasteiger partial charge in [0.25, 0.3) is 5.91 Å². The molecule has 0 spiro atoms. The van der Waals surface area contributed by atoms with E-state index in [1.165, 1.54) is 0 Å². The van der Waals surface area contributed by atoms with Gasteiger partial charge in [-0.1, -0.05) is 6.07 Å². The third kappa shape index (κ3) is 5.04. The van der Waals surface area contributed by atoms with Crippen LogP contribution in [0.3, 0.4) is 0 Å². The monoisotopic (exact) mass is 388 g/mol. The normalized spacial score (nSPS) is 24.4. The summed E-state index contributed by atoms with van der Waals surface area (Å²) in [5.41, 5.74) is 1.82. The van der Waals surface area contributed by atoms with Crippen LogP contribution in [0.1, 0.15) is 29.6 Å². The van der Waals surface area contributed by atoms with Gasteiger partial charge < -0.3 is 19.8 Å². The molecule has 1 aromatic carbocycles. The highest BCUT2D eigenvalue weighted by Gasteiger charge is 2.35. The topological polar surface area (TPSA) is 50.3 Å². The van der Waals surface area contributed by atoms with Crippen molar-refractivity contribution in [1.29, 1.82) is 0 Å². The molecular weight excluding hydrogens is 352 g/mol. The number of carbonyl (C=O) groups is 1. The highest BCUT2D eigenvalue weighted by Crippen LogP contribution is 2.28. The standard InChI is InChI=1S/C22H36N4O2/c1-23(2)20-8-4-6-18(16-20)22(28)26-10-9-21(19(17-26)7-5-15-27)25-13-11-24(3)12-14-25/h4,6,8,16,19,21,27H,5,7,9-15,17H2,1-3H3/t19-,21+/m1/s1. The Balaban J connectivity index is 1.69. The number of carbonyl (C=O) groups excluding carboxylic acids is 1. The van der Waals surface area contributed by atoms with Crippen molar-refractivity contribution in [3.05, 3.63) is 29.8 Å². The smallest absolute Gasteiger partial charge is 0.253 e. The maximum Gasteiger partial charge on any atom is 0.253 e. The Kier molecular flexibility index (Phi) is 7.32. The molecule has 2 aliphatic heterocycles. The molecule has 6 nitrogen and oxygen atoms in total. The Labute approximate surface area is 169 Å². The van der Waals surface area contributed by atoms with Gasteiger partial charge >= 0.3 is 0 Å². The number of likely N-dealkylation sites (N-methyl/N-ethyl adjacent to an activating group) is 1. The number of rotatable bonds is 6. The minimum absolute atomic E-state index is 0.134. The van der Waals surface area contributed by atoms with Crippen LogP contribution in [0.4, 0.5) is 5.69 Å². The number of piperazine rings is 1. The SMILES string of the molecule is CN1CCN([C@H]2CCN(C(=O)c3cccc(N(C)C)c3)C[C@H]2CCCO)CC1. The first-order valence-electron chi connectivity index (χ1n) is 10.6. The van der Waals surface area contributed by atoms with Crippen LogP contribution in [-0.4, -0.2) is 98.8 Å². The molecule has 3 rings (SSSR count). The van der Waals surface area contributed by atoms with E-state index in [1.54, 1.807) is 0 Å². The molecule has 1 aromatic rings. The summed E-state index contributed by atoms with van der Waals surface area (Å²) in [7, 11) is 6.18. The van der Waals surface area contributed by atoms with Gasteiger partial charge in [-0.25, -0.2) is 0 Å². The molecule has 0 radical (unpaired) electrons. The molecule has 2 saturated heterocycles. The maximum absolute atomic E-state index is 13.2. The van der Waals surface area contributed by atoms with Crippen LogP contribution in [0, 0.1) is 5.92 Å². The molecule has 2 heterocycles. The molecule has 0 bridgehead atoms. The van der Waals surface area contributed by atoms with Gasteiger partial charge in [-0.15, -0.1) is 0 Å². The number of anilines is 1. The fourth-order valence-corrected chi connectivity index (χ4v) is 4.58. The maximum atomic E-state index is 13.2. The summed E-state index contributed by atoms with van der Waals surface area (Å²) in [6, 6.07) is 8.42. The number of aliphatic hydroxyl groups excluding tert-OH is 1. The molecule has 28 heavy (non-hydrogen) atoms. The molecule has 156 valence electrons. The van der Waals surface area contributed by atoms with Crippen LogP contribution < -0.4 is 4.90 Å². The van der Waals surface area contributed by atoms with Gasteiger partial charge in [-0.05, 0) is 50.4 Å². The summed E-state index contributed by atoms with van der Waals surface area (Å²) in [6.45, 7) is 6.28. The molecule has 0 aliphatic carbocycles. The predicted molar refractivity (Wildman–Crippen MR) is 114 cm³/mol. The van der Waals surface area contributed by atoms with E-state index >= 15 is 0 Å². The number of amides is 1. The predicted octanol–water partition coefficient (Wildman–Crippen LogP) is 1.60. The summed E-state index contributed by atoms with van der Waals surface area (Å²) in [6.07, 6.45) is 2.82. The zero-order valence-electron chi connectivity index (χ0n) is 17.7. The molecule has 1 N–H and O–H groups in total. The lowest BCUT2D eigenvalue weighted by Gasteiger charge is -2.46. The first-order valence-corrected chi connectivity index (χ1v) is 10.6. The second kappa shape index (κ2) is 9.72. The highest BCUT2D eigenvalue weighted by atomic mass is 16.3. The lowest BCUT2D eigenvalue weighted by Crippen LogP contribution is -2.56. The average Bonchev–Trinajstić information content (AvgIpc) is 2.72. The Hall–Kier alpha value is -1.63. The Morgan fingerprint density at radius 1 is 1.18 bits per heavy atom. The van der Waals surface area contributed by atoms with Crippen LogP contribution >= 0.6 is 0 Å². The number of hydrogen-bond acceptors (Lipinski definition) is 5. The van der Waals surface area contributed by atoms with Crippen molar-refractivity contribution in [3.8, 4) is 0 Å². The molecule has 2 atom stereocenters. The lowest BCUT2D eigenvalue weighted by atomic mass is 9.86. The fraction of sp³-hybridized carbons (Fsp3) is 0.682. The molecular formula is C22H36N4O2. The van der Waals surface area contributed by atoms with Crippen molar-refractivity contribution in [2.45, 2.75) is 25.3 Å². The summed E-state index contributed by atoms with van der Waals surface area (Å²) < 4.78 is 0. The highest BCUT2D eigenvalue weighted by molar-refractivity contribution is 5.95. The molecule has 2 fully saturated rings. The van der Waals surface area contributed by atoms with E-state index in [0.29, 0.717) is 12.0 Å². The quantitative estimate of drug-likeness (QED) is 0.802. The van der Waals surface area contributed by atoms with Gasteiger partial charge in [0.05, 0.1) is 0 Å². The zero-order chi connectivity index (χ0) is 20.1. The minimum atomic E-state index is 0.134.